The van der Waals surface area contributed by atoms with Crippen LogP contribution >= 0.6 is 0 Å². The van der Waals surface area contributed by atoms with Crippen molar-refractivity contribution in [3.05, 3.63) is 89.8 Å². The van der Waals surface area contributed by atoms with Gasteiger partial charge in [0.05, 0.1) is 14.2 Å². The Balaban J connectivity index is 1.36. The summed E-state index contributed by atoms with van der Waals surface area (Å²) in [4.78, 5) is 16.9. The van der Waals surface area contributed by atoms with Gasteiger partial charge >= 0.3 is 0 Å². The topological polar surface area (TPSA) is 86.5 Å². The quantitative estimate of drug-likeness (QED) is 0.395. The first-order valence-corrected chi connectivity index (χ1v) is 10.6. The van der Waals surface area contributed by atoms with Crippen molar-refractivity contribution in [2.24, 2.45) is 0 Å². The van der Waals surface area contributed by atoms with Gasteiger partial charge in [-0.15, -0.1) is 0 Å². The Morgan fingerprint density at radius 3 is 2.48 bits per heavy atom. The molecule has 1 amide bonds. The van der Waals surface area contributed by atoms with Crippen molar-refractivity contribution in [1.29, 1.82) is 0 Å². The first kappa shape index (κ1) is 22.1. The largest absolute Gasteiger partial charge is 0.497 e. The minimum absolute atomic E-state index is 0.130. The second kappa shape index (κ2) is 10.5. The summed E-state index contributed by atoms with van der Waals surface area (Å²) >= 11 is 0. The van der Waals surface area contributed by atoms with Crippen LogP contribution in [0.5, 0.6) is 11.5 Å². The number of benzene rings is 3. The van der Waals surface area contributed by atoms with Crippen LogP contribution in [-0.2, 0) is 17.6 Å². The van der Waals surface area contributed by atoms with E-state index in [0.717, 1.165) is 28.3 Å². The number of rotatable bonds is 9. The molecule has 0 atom stereocenters. The molecule has 7 nitrogen and oxygen atoms in total. The Morgan fingerprint density at radius 1 is 0.970 bits per heavy atom. The molecule has 4 rings (SSSR count). The minimum atomic E-state index is -0.130. The molecule has 0 fully saturated rings. The lowest BCUT2D eigenvalue weighted by molar-refractivity contribution is -0.116. The average Bonchev–Trinajstić information content (AvgIpc) is 3.33. The monoisotopic (exact) mass is 443 g/mol. The fourth-order valence-electron chi connectivity index (χ4n) is 3.47. The van der Waals surface area contributed by atoms with E-state index in [1.165, 1.54) is 5.56 Å². The lowest BCUT2D eigenvalue weighted by Gasteiger charge is -2.12. The number of nitrogens with one attached hydrogen (secondary N) is 1. The molecule has 3 aromatic carbocycles. The van der Waals surface area contributed by atoms with Crippen molar-refractivity contribution in [1.82, 2.24) is 10.1 Å². The summed E-state index contributed by atoms with van der Waals surface area (Å²) < 4.78 is 15.9. The SMILES string of the molecule is COc1ccc(-c2noc(CCC(=O)Nc3ccc(OC)c(Cc4ccccc4)c3)n2)cc1. The Labute approximate surface area is 192 Å². The molecule has 33 heavy (non-hydrogen) atoms. The Kier molecular flexibility index (Phi) is 6.99. The summed E-state index contributed by atoms with van der Waals surface area (Å²) in [5.41, 5.74) is 3.71. The highest BCUT2D eigenvalue weighted by Crippen LogP contribution is 2.26. The normalized spacial score (nSPS) is 10.6. The van der Waals surface area contributed by atoms with Crippen LogP contribution in [0, 0.1) is 0 Å². The number of hydrogen-bond donors (Lipinski definition) is 1. The Hall–Kier alpha value is -4.13. The summed E-state index contributed by atoms with van der Waals surface area (Å²) in [6.07, 6.45) is 1.29. The third kappa shape index (κ3) is 5.77. The van der Waals surface area contributed by atoms with Gasteiger partial charge in [0, 0.05) is 36.1 Å². The van der Waals surface area contributed by atoms with E-state index in [1.54, 1.807) is 14.2 Å². The smallest absolute Gasteiger partial charge is 0.227 e. The van der Waals surface area contributed by atoms with E-state index in [-0.39, 0.29) is 12.3 Å². The Morgan fingerprint density at radius 2 is 1.76 bits per heavy atom. The summed E-state index contributed by atoms with van der Waals surface area (Å²) in [5, 5.41) is 6.94. The van der Waals surface area contributed by atoms with Gasteiger partial charge in [0.1, 0.15) is 11.5 Å². The number of amides is 1. The van der Waals surface area contributed by atoms with E-state index < -0.39 is 0 Å². The van der Waals surface area contributed by atoms with Crippen LogP contribution in [0.25, 0.3) is 11.4 Å². The molecule has 1 heterocycles. The third-order valence-electron chi connectivity index (χ3n) is 5.18. The Bertz CT molecular complexity index is 1200. The van der Waals surface area contributed by atoms with Crippen molar-refractivity contribution in [2.75, 3.05) is 19.5 Å². The van der Waals surface area contributed by atoms with Crippen molar-refractivity contribution >= 4 is 11.6 Å². The van der Waals surface area contributed by atoms with Gasteiger partial charge in [0.25, 0.3) is 0 Å². The lowest BCUT2D eigenvalue weighted by Crippen LogP contribution is -2.12. The molecule has 0 aliphatic rings. The molecule has 0 radical (unpaired) electrons. The summed E-state index contributed by atoms with van der Waals surface area (Å²) in [6.45, 7) is 0. The van der Waals surface area contributed by atoms with E-state index in [1.807, 2.05) is 60.7 Å². The number of carbonyl (C=O) groups is 1. The number of carbonyl (C=O) groups excluding carboxylic acids is 1. The number of aromatic nitrogens is 2. The van der Waals surface area contributed by atoms with Gasteiger partial charge in [-0.1, -0.05) is 35.5 Å². The molecule has 7 heteroatoms. The first-order valence-electron chi connectivity index (χ1n) is 10.6. The molecule has 1 aromatic heterocycles. The molecule has 0 saturated heterocycles. The maximum Gasteiger partial charge on any atom is 0.227 e. The maximum atomic E-state index is 12.5. The zero-order valence-electron chi connectivity index (χ0n) is 18.6. The molecule has 0 spiro atoms. The lowest BCUT2D eigenvalue weighted by atomic mass is 10.0. The maximum absolute atomic E-state index is 12.5. The van der Waals surface area contributed by atoms with E-state index >= 15 is 0 Å². The van der Waals surface area contributed by atoms with Crippen LogP contribution in [-0.4, -0.2) is 30.3 Å². The molecular formula is C26H25N3O4. The molecule has 4 aromatic rings. The van der Waals surface area contributed by atoms with Gasteiger partial charge in [0.2, 0.25) is 17.6 Å². The predicted molar refractivity (Wildman–Crippen MR) is 125 cm³/mol. The highest BCUT2D eigenvalue weighted by atomic mass is 16.5. The second-order valence-corrected chi connectivity index (χ2v) is 7.48. The first-order chi connectivity index (χ1) is 16.1. The van der Waals surface area contributed by atoms with E-state index in [0.29, 0.717) is 24.6 Å². The van der Waals surface area contributed by atoms with Gasteiger partial charge in [-0.2, -0.15) is 4.98 Å². The van der Waals surface area contributed by atoms with Crippen molar-refractivity contribution in [3.63, 3.8) is 0 Å². The third-order valence-corrected chi connectivity index (χ3v) is 5.18. The van der Waals surface area contributed by atoms with Crippen LogP contribution < -0.4 is 14.8 Å². The van der Waals surface area contributed by atoms with E-state index in [2.05, 4.69) is 27.6 Å². The molecule has 0 bridgehead atoms. The molecule has 0 aliphatic carbocycles. The van der Waals surface area contributed by atoms with Gasteiger partial charge in [-0.05, 0) is 48.0 Å². The summed E-state index contributed by atoms with van der Waals surface area (Å²) in [5.74, 6) is 2.30. The molecule has 0 unspecified atom stereocenters. The van der Waals surface area contributed by atoms with Crippen LogP contribution in [0.2, 0.25) is 0 Å². The molecular weight excluding hydrogens is 418 g/mol. The van der Waals surface area contributed by atoms with Gasteiger partial charge in [0.15, 0.2) is 0 Å². The zero-order valence-corrected chi connectivity index (χ0v) is 18.6. The van der Waals surface area contributed by atoms with Crippen molar-refractivity contribution in [2.45, 2.75) is 19.3 Å². The van der Waals surface area contributed by atoms with E-state index in [9.17, 15) is 4.79 Å². The highest BCUT2D eigenvalue weighted by molar-refractivity contribution is 5.91. The van der Waals surface area contributed by atoms with Crippen LogP contribution in [0.3, 0.4) is 0 Å². The van der Waals surface area contributed by atoms with Crippen molar-refractivity contribution < 1.29 is 18.8 Å². The predicted octanol–water partition coefficient (Wildman–Crippen LogP) is 4.92. The standard InChI is InChI=1S/C26H25N3O4/c1-31-22-11-8-19(9-12-22)26-28-25(33-29-26)15-14-24(30)27-21-10-13-23(32-2)20(17-21)16-18-6-4-3-5-7-18/h3-13,17H,14-16H2,1-2H3,(H,27,30). The molecule has 0 saturated carbocycles. The van der Waals surface area contributed by atoms with Gasteiger partial charge < -0.3 is 19.3 Å². The fraction of sp³-hybridized carbons (Fsp3) is 0.192. The number of methoxy groups -OCH3 is 2. The number of ether oxygens (including phenoxy) is 2. The summed E-state index contributed by atoms with van der Waals surface area (Å²) in [6, 6.07) is 23.2. The molecule has 0 aliphatic heterocycles. The summed E-state index contributed by atoms with van der Waals surface area (Å²) in [7, 11) is 3.26. The number of aryl methyl sites for hydroxylation is 1. The van der Waals surface area contributed by atoms with Crippen LogP contribution in [0.1, 0.15) is 23.4 Å². The second-order valence-electron chi connectivity index (χ2n) is 7.48. The number of hydrogen-bond acceptors (Lipinski definition) is 6. The molecule has 1 N–H and O–H groups in total. The molecule has 168 valence electrons. The zero-order chi connectivity index (χ0) is 23.0. The number of nitrogens with zero attached hydrogens (tertiary/aromatic N) is 2. The van der Waals surface area contributed by atoms with E-state index in [4.69, 9.17) is 14.0 Å². The van der Waals surface area contributed by atoms with Crippen LogP contribution in [0.15, 0.2) is 77.3 Å². The van der Waals surface area contributed by atoms with Gasteiger partial charge in [-0.3, -0.25) is 4.79 Å². The van der Waals surface area contributed by atoms with Gasteiger partial charge in [-0.25, -0.2) is 0 Å². The number of anilines is 1. The van der Waals surface area contributed by atoms with Crippen molar-refractivity contribution in [3.8, 4) is 22.9 Å². The minimum Gasteiger partial charge on any atom is -0.497 e. The highest BCUT2D eigenvalue weighted by Gasteiger charge is 2.12. The average molecular weight is 444 g/mol. The fourth-order valence-corrected chi connectivity index (χ4v) is 3.47. The van der Waals surface area contributed by atoms with Crippen LogP contribution in [0.4, 0.5) is 5.69 Å².